The first-order valence-electron chi connectivity index (χ1n) is 16.4. The van der Waals surface area contributed by atoms with Gasteiger partial charge in [0, 0.05) is 43.6 Å². The standard InChI is InChI=1S/C34H31ClF3N11O4/c1-4-25-28(45-9-11-46(12-10-45)31(52)27-29(51)19(3)39-17-40-27)32(53)49-33(43-30(44-49)20-13-18(2)48-22(14-20)7-8-41-48)47(25)16-26(50)42-24-6-5-21(15-23(24)35)34(36,37)38/h5-8,13-15,17,51H,4,9-12,16H2,1-3H3,(H,42,50). The maximum atomic E-state index is 14.3. The number of aromatic nitrogens is 8. The number of rotatable bonds is 7. The first-order chi connectivity index (χ1) is 25.2. The molecule has 0 spiro atoms. The van der Waals surface area contributed by atoms with E-state index >= 15 is 0 Å². The molecule has 0 atom stereocenters. The van der Waals surface area contributed by atoms with E-state index in [-0.39, 0.29) is 77.7 Å². The molecular weight excluding hydrogens is 719 g/mol. The van der Waals surface area contributed by atoms with E-state index in [1.807, 2.05) is 32.0 Å². The zero-order valence-corrected chi connectivity index (χ0v) is 29.3. The summed E-state index contributed by atoms with van der Waals surface area (Å²) in [6.07, 6.45) is -1.50. The molecule has 1 saturated heterocycles. The fourth-order valence-electron chi connectivity index (χ4n) is 6.42. The lowest BCUT2D eigenvalue weighted by Gasteiger charge is -2.36. The van der Waals surface area contributed by atoms with Crippen molar-refractivity contribution < 1.29 is 27.9 Å². The molecule has 1 aliphatic rings. The molecule has 1 fully saturated rings. The van der Waals surface area contributed by atoms with Gasteiger partial charge in [-0.15, -0.1) is 5.10 Å². The highest BCUT2D eigenvalue weighted by Gasteiger charge is 2.32. The van der Waals surface area contributed by atoms with Gasteiger partial charge < -0.3 is 24.8 Å². The van der Waals surface area contributed by atoms with Gasteiger partial charge >= 0.3 is 6.18 Å². The Kier molecular flexibility index (Phi) is 9.01. The van der Waals surface area contributed by atoms with Crippen LogP contribution in [0.3, 0.4) is 0 Å². The normalized spacial score (nSPS) is 13.6. The number of anilines is 2. The topological polar surface area (TPSA) is 168 Å². The zero-order chi connectivity index (χ0) is 37.8. The van der Waals surface area contributed by atoms with Gasteiger partial charge in [0.05, 0.1) is 33.2 Å². The summed E-state index contributed by atoms with van der Waals surface area (Å²) in [7, 11) is 0. The van der Waals surface area contributed by atoms with Gasteiger partial charge in [0.15, 0.2) is 17.3 Å². The number of pyridine rings is 1. The van der Waals surface area contributed by atoms with Crippen molar-refractivity contribution in [2.24, 2.45) is 0 Å². The SMILES string of the molecule is CCc1c(N2CCN(C(=O)c3ncnc(C)c3O)CC2)c(=O)n2nc(-c3cc(C)n4nccc4c3)nc2n1CC(=O)Nc1ccc(C(F)(F)F)cc1Cl. The molecule has 1 aromatic carbocycles. The Morgan fingerprint density at radius 3 is 2.47 bits per heavy atom. The molecule has 2 amide bonds. The first-order valence-corrected chi connectivity index (χ1v) is 16.8. The number of fused-ring (bicyclic) bond motifs is 2. The summed E-state index contributed by atoms with van der Waals surface area (Å²) in [5, 5.41) is 21.6. The van der Waals surface area contributed by atoms with Crippen LogP contribution >= 0.6 is 11.6 Å². The first kappa shape index (κ1) is 35.4. The lowest BCUT2D eigenvalue weighted by Crippen LogP contribution is -2.51. The molecule has 5 aromatic heterocycles. The number of aromatic hydroxyl groups is 1. The Bertz CT molecular complexity index is 2490. The third-order valence-corrected chi connectivity index (χ3v) is 9.37. The van der Waals surface area contributed by atoms with Crippen molar-refractivity contribution in [2.75, 3.05) is 36.4 Å². The molecule has 0 aliphatic carbocycles. The summed E-state index contributed by atoms with van der Waals surface area (Å²) >= 11 is 6.14. The second-order valence-corrected chi connectivity index (χ2v) is 12.8. The minimum absolute atomic E-state index is 0.0301. The van der Waals surface area contributed by atoms with Gasteiger partial charge in [-0.3, -0.25) is 14.4 Å². The Balaban J connectivity index is 1.27. The Labute approximate surface area is 303 Å². The van der Waals surface area contributed by atoms with E-state index in [1.165, 1.54) is 11.2 Å². The number of nitrogens with one attached hydrogen (secondary N) is 1. The van der Waals surface area contributed by atoms with Gasteiger partial charge in [-0.1, -0.05) is 18.5 Å². The van der Waals surface area contributed by atoms with Crippen molar-refractivity contribution in [2.45, 2.75) is 39.9 Å². The Morgan fingerprint density at radius 2 is 1.77 bits per heavy atom. The molecule has 0 unspecified atom stereocenters. The molecular formula is C34H31ClF3N11O4. The number of aryl methyl sites for hydroxylation is 2. The molecule has 6 heterocycles. The highest BCUT2D eigenvalue weighted by molar-refractivity contribution is 6.33. The van der Waals surface area contributed by atoms with Crippen molar-refractivity contribution >= 4 is 46.1 Å². The largest absolute Gasteiger partial charge is 0.504 e. The third kappa shape index (κ3) is 6.49. The van der Waals surface area contributed by atoms with Crippen molar-refractivity contribution in [1.82, 2.24) is 43.6 Å². The van der Waals surface area contributed by atoms with Crippen LogP contribution in [0.15, 0.2) is 53.7 Å². The van der Waals surface area contributed by atoms with Crippen LogP contribution in [-0.4, -0.2) is 86.7 Å². The highest BCUT2D eigenvalue weighted by atomic mass is 35.5. The second-order valence-electron chi connectivity index (χ2n) is 12.4. The predicted octanol–water partition coefficient (Wildman–Crippen LogP) is 4.15. The van der Waals surface area contributed by atoms with E-state index in [4.69, 9.17) is 16.6 Å². The fourth-order valence-corrected chi connectivity index (χ4v) is 6.65. The van der Waals surface area contributed by atoms with Gasteiger partial charge in [0.2, 0.25) is 11.7 Å². The maximum Gasteiger partial charge on any atom is 0.416 e. The second kappa shape index (κ2) is 13.5. The lowest BCUT2D eigenvalue weighted by molar-refractivity contribution is -0.137. The van der Waals surface area contributed by atoms with Gasteiger partial charge in [-0.25, -0.2) is 14.5 Å². The van der Waals surface area contributed by atoms with Crippen LogP contribution in [0.2, 0.25) is 5.02 Å². The molecule has 0 bridgehead atoms. The number of hydrogen-bond acceptors (Lipinski definition) is 10. The van der Waals surface area contributed by atoms with Gasteiger partial charge in [-0.05, 0) is 56.7 Å². The van der Waals surface area contributed by atoms with E-state index in [0.29, 0.717) is 11.3 Å². The van der Waals surface area contributed by atoms with E-state index in [9.17, 15) is 32.7 Å². The number of hydrogen-bond donors (Lipinski definition) is 2. The molecule has 15 nitrogen and oxygen atoms in total. The molecule has 0 radical (unpaired) electrons. The summed E-state index contributed by atoms with van der Waals surface area (Å²) in [4.78, 5) is 57.1. The van der Waals surface area contributed by atoms with Crippen LogP contribution in [-0.2, 0) is 23.9 Å². The van der Waals surface area contributed by atoms with E-state index < -0.39 is 35.7 Å². The van der Waals surface area contributed by atoms with E-state index in [1.54, 1.807) is 27.1 Å². The smallest absolute Gasteiger partial charge is 0.416 e. The Morgan fingerprint density at radius 1 is 1.02 bits per heavy atom. The number of carbonyl (C=O) groups excluding carboxylic acids is 2. The van der Waals surface area contributed by atoms with Crippen LogP contribution < -0.4 is 15.8 Å². The fraction of sp³-hybridized carbons (Fsp3) is 0.294. The monoisotopic (exact) mass is 749 g/mol. The number of nitrogens with zero attached hydrogens (tertiary/aromatic N) is 10. The summed E-state index contributed by atoms with van der Waals surface area (Å²) in [5.74, 6) is -1.16. The van der Waals surface area contributed by atoms with Crippen molar-refractivity contribution in [3.05, 3.63) is 92.6 Å². The summed E-state index contributed by atoms with van der Waals surface area (Å²) in [6.45, 7) is 5.63. The van der Waals surface area contributed by atoms with Crippen LogP contribution in [0.25, 0.3) is 22.7 Å². The maximum absolute atomic E-state index is 14.3. The summed E-state index contributed by atoms with van der Waals surface area (Å²) < 4.78 is 44.2. The number of alkyl halides is 3. The molecule has 1 aliphatic heterocycles. The number of benzene rings is 1. The quantitative estimate of drug-likeness (QED) is 0.242. The van der Waals surface area contributed by atoms with Gasteiger partial charge in [-0.2, -0.15) is 27.8 Å². The number of piperazine rings is 1. The molecule has 19 heteroatoms. The minimum Gasteiger partial charge on any atom is -0.504 e. The van der Waals surface area contributed by atoms with Gasteiger partial charge in [0.1, 0.15) is 18.6 Å². The highest BCUT2D eigenvalue weighted by Crippen LogP contribution is 2.34. The molecule has 7 rings (SSSR count). The number of carbonyl (C=O) groups is 2. The lowest BCUT2D eigenvalue weighted by atomic mass is 10.2. The minimum atomic E-state index is -4.62. The summed E-state index contributed by atoms with van der Waals surface area (Å²) in [6, 6.07) is 8.06. The average molecular weight is 750 g/mol. The molecule has 6 aromatic rings. The number of amides is 2. The van der Waals surface area contributed by atoms with E-state index in [2.05, 4.69) is 25.5 Å². The van der Waals surface area contributed by atoms with Crippen LogP contribution in [0.5, 0.6) is 5.75 Å². The zero-order valence-electron chi connectivity index (χ0n) is 28.5. The molecule has 0 saturated carbocycles. The van der Waals surface area contributed by atoms with Crippen molar-refractivity contribution in [3.63, 3.8) is 0 Å². The predicted molar refractivity (Wildman–Crippen MR) is 187 cm³/mol. The average Bonchev–Trinajstić information content (AvgIpc) is 3.80. The Hall–Kier alpha value is -6.04. The third-order valence-electron chi connectivity index (χ3n) is 9.06. The van der Waals surface area contributed by atoms with E-state index in [0.717, 1.165) is 33.9 Å². The number of halogens is 4. The molecule has 2 N–H and O–H groups in total. The molecule has 53 heavy (non-hydrogen) atoms. The van der Waals surface area contributed by atoms with Gasteiger partial charge in [0.25, 0.3) is 11.5 Å². The summed E-state index contributed by atoms with van der Waals surface area (Å²) in [5.41, 5.74) is 1.50. The van der Waals surface area contributed by atoms with Crippen LogP contribution in [0.1, 0.15) is 40.1 Å². The molecule has 274 valence electrons. The van der Waals surface area contributed by atoms with Crippen molar-refractivity contribution in [3.8, 4) is 17.1 Å². The van der Waals surface area contributed by atoms with Crippen LogP contribution in [0, 0.1) is 13.8 Å². The van der Waals surface area contributed by atoms with Crippen molar-refractivity contribution in [1.29, 1.82) is 0 Å². The van der Waals surface area contributed by atoms with Crippen LogP contribution in [0.4, 0.5) is 24.5 Å².